The van der Waals surface area contributed by atoms with E-state index in [4.69, 9.17) is 14.7 Å². The fourth-order valence-electron chi connectivity index (χ4n) is 4.68. The molecule has 156 valence electrons. The van der Waals surface area contributed by atoms with Gasteiger partial charge in [-0.2, -0.15) is 0 Å². The number of aliphatic imine (C=N–C) groups is 1. The van der Waals surface area contributed by atoms with E-state index in [-0.39, 0.29) is 5.54 Å². The minimum Gasteiger partial charge on any atom is -0.489 e. The normalized spacial score (nSPS) is 19.7. The van der Waals surface area contributed by atoms with Crippen molar-refractivity contribution in [2.24, 2.45) is 4.99 Å². The molecular formula is C28H28N2O. The van der Waals surface area contributed by atoms with Crippen LogP contribution in [0.15, 0.2) is 77.8 Å². The lowest BCUT2D eigenvalue weighted by Gasteiger charge is -2.24. The lowest BCUT2D eigenvalue weighted by atomic mass is 9.86. The van der Waals surface area contributed by atoms with E-state index in [2.05, 4.69) is 73.7 Å². The summed E-state index contributed by atoms with van der Waals surface area (Å²) in [5.41, 5.74) is 7.87. The van der Waals surface area contributed by atoms with Crippen molar-refractivity contribution in [2.45, 2.75) is 51.7 Å². The Balaban J connectivity index is 1.49. The van der Waals surface area contributed by atoms with Gasteiger partial charge in [0.05, 0.1) is 11.4 Å². The summed E-state index contributed by atoms with van der Waals surface area (Å²) in [6.45, 7) is 4.76. The maximum Gasteiger partial charge on any atom is 0.123 e. The molecule has 0 amide bonds. The minimum atomic E-state index is -0.376. The van der Waals surface area contributed by atoms with Crippen molar-refractivity contribution in [1.29, 1.82) is 0 Å². The summed E-state index contributed by atoms with van der Waals surface area (Å²) >= 11 is 0. The van der Waals surface area contributed by atoms with Gasteiger partial charge in [-0.1, -0.05) is 36.4 Å². The highest BCUT2D eigenvalue weighted by molar-refractivity contribution is 5.95. The lowest BCUT2D eigenvalue weighted by Crippen LogP contribution is -2.16. The fraction of sp³-hybridized carbons (Fsp3) is 0.286. The first-order chi connectivity index (χ1) is 15.1. The van der Waals surface area contributed by atoms with Crippen molar-refractivity contribution in [1.82, 2.24) is 4.98 Å². The summed E-state index contributed by atoms with van der Waals surface area (Å²) < 4.78 is 6.27. The topological polar surface area (TPSA) is 34.5 Å². The summed E-state index contributed by atoms with van der Waals surface area (Å²) in [4.78, 5) is 9.87. The molecule has 0 radical (unpaired) electrons. The van der Waals surface area contributed by atoms with Gasteiger partial charge in [0.15, 0.2) is 0 Å². The van der Waals surface area contributed by atoms with Gasteiger partial charge in [0.1, 0.15) is 17.9 Å². The molecule has 31 heavy (non-hydrogen) atoms. The van der Waals surface area contributed by atoms with Crippen LogP contribution in [-0.2, 0) is 25.0 Å². The van der Waals surface area contributed by atoms with E-state index in [1.807, 2.05) is 13.0 Å². The molecule has 3 nitrogen and oxygen atoms in total. The molecule has 1 aromatic heterocycles. The van der Waals surface area contributed by atoms with Crippen molar-refractivity contribution in [2.75, 3.05) is 0 Å². The van der Waals surface area contributed by atoms with Gasteiger partial charge in [0.25, 0.3) is 0 Å². The van der Waals surface area contributed by atoms with Crippen molar-refractivity contribution in [3.8, 4) is 17.0 Å². The molecule has 2 aliphatic rings. The summed E-state index contributed by atoms with van der Waals surface area (Å²) in [6.07, 6.45) is 8.79. The van der Waals surface area contributed by atoms with Gasteiger partial charge in [-0.15, -0.1) is 0 Å². The summed E-state index contributed by atoms with van der Waals surface area (Å²) in [5.74, 6) is 1.02. The molecule has 2 heterocycles. The van der Waals surface area contributed by atoms with E-state index < -0.39 is 0 Å². The first-order valence-corrected chi connectivity index (χ1v) is 11.2. The molecule has 0 bridgehead atoms. The van der Waals surface area contributed by atoms with Crippen molar-refractivity contribution in [3.05, 3.63) is 95.2 Å². The average Bonchev–Trinajstić information content (AvgIpc) is 3.18. The van der Waals surface area contributed by atoms with E-state index in [9.17, 15) is 0 Å². The van der Waals surface area contributed by atoms with Crippen LogP contribution < -0.4 is 4.74 Å². The predicted octanol–water partition coefficient (Wildman–Crippen LogP) is 6.45. The van der Waals surface area contributed by atoms with Gasteiger partial charge in [-0.25, -0.2) is 4.98 Å². The van der Waals surface area contributed by atoms with Gasteiger partial charge in [0, 0.05) is 11.3 Å². The lowest BCUT2D eigenvalue weighted by molar-refractivity contribution is 0.301. The molecule has 5 rings (SSSR count). The van der Waals surface area contributed by atoms with E-state index in [1.165, 1.54) is 35.1 Å². The Morgan fingerprint density at radius 2 is 1.71 bits per heavy atom. The van der Waals surface area contributed by atoms with Gasteiger partial charge in [-0.3, -0.25) is 4.99 Å². The molecule has 0 fully saturated rings. The number of aromatic nitrogens is 1. The molecule has 2 aromatic carbocycles. The fourth-order valence-corrected chi connectivity index (χ4v) is 4.68. The molecule has 1 atom stereocenters. The average molecular weight is 409 g/mol. The summed E-state index contributed by atoms with van der Waals surface area (Å²) in [6, 6.07) is 21.0. The highest BCUT2D eigenvalue weighted by Crippen LogP contribution is 2.38. The Morgan fingerprint density at radius 3 is 2.48 bits per heavy atom. The number of hydrogen-bond donors (Lipinski definition) is 0. The minimum absolute atomic E-state index is 0.376. The van der Waals surface area contributed by atoms with Crippen molar-refractivity contribution >= 4 is 5.71 Å². The molecule has 1 aliphatic heterocycles. The third-order valence-electron chi connectivity index (χ3n) is 6.33. The summed E-state index contributed by atoms with van der Waals surface area (Å²) in [5, 5.41) is 0. The van der Waals surface area contributed by atoms with Gasteiger partial charge in [-0.05, 0) is 92.6 Å². The zero-order chi connectivity index (χ0) is 21.3. The Kier molecular flexibility index (Phi) is 5.19. The smallest absolute Gasteiger partial charge is 0.123 e. The predicted molar refractivity (Wildman–Crippen MR) is 127 cm³/mol. The van der Waals surface area contributed by atoms with Crippen molar-refractivity contribution < 1.29 is 4.74 Å². The van der Waals surface area contributed by atoms with E-state index >= 15 is 0 Å². The van der Waals surface area contributed by atoms with E-state index in [0.29, 0.717) is 6.61 Å². The standard InChI is InChI=1S/C28H28N2O/c1-20-17-18-28(2,30-20)27-14-8-13-25(29-27)23-15-16-26(24-12-7-6-11-22(23)24)31-19-21-9-4-3-5-10-21/h3-5,8-10,13-18H,6-7,11-12,19H2,1-2H3. The number of ether oxygens (including phenoxy) is 1. The van der Waals surface area contributed by atoms with Gasteiger partial charge < -0.3 is 4.74 Å². The van der Waals surface area contributed by atoms with Crippen LogP contribution in [0, 0.1) is 0 Å². The molecule has 3 heteroatoms. The molecule has 0 saturated heterocycles. The molecule has 3 aromatic rings. The van der Waals surface area contributed by atoms with Crippen LogP contribution in [0.2, 0.25) is 0 Å². The maximum absolute atomic E-state index is 6.27. The van der Waals surface area contributed by atoms with Crippen LogP contribution in [0.5, 0.6) is 5.75 Å². The highest BCUT2D eigenvalue weighted by atomic mass is 16.5. The quantitative estimate of drug-likeness (QED) is 0.486. The second-order valence-corrected chi connectivity index (χ2v) is 8.69. The van der Waals surface area contributed by atoms with E-state index in [0.717, 1.165) is 35.7 Å². The largest absolute Gasteiger partial charge is 0.489 e. The van der Waals surface area contributed by atoms with Gasteiger partial charge >= 0.3 is 0 Å². The Hall–Kier alpha value is -3.20. The number of pyridine rings is 1. The highest BCUT2D eigenvalue weighted by Gasteiger charge is 2.28. The second-order valence-electron chi connectivity index (χ2n) is 8.69. The Bertz CT molecular complexity index is 1160. The maximum atomic E-state index is 6.27. The molecular weight excluding hydrogens is 380 g/mol. The zero-order valence-electron chi connectivity index (χ0n) is 18.3. The number of hydrogen-bond acceptors (Lipinski definition) is 3. The zero-order valence-corrected chi connectivity index (χ0v) is 18.3. The molecule has 1 unspecified atom stereocenters. The van der Waals surface area contributed by atoms with Crippen LogP contribution in [0.1, 0.15) is 49.1 Å². The molecule has 0 spiro atoms. The van der Waals surface area contributed by atoms with Crippen molar-refractivity contribution in [3.63, 3.8) is 0 Å². The van der Waals surface area contributed by atoms with Crippen LogP contribution in [0.4, 0.5) is 0 Å². The van der Waals surface area contributed by atoms with Crippen LogP contribution in [0.25, 0.3) is 11.3 Å². The number of fused-ring (bicyclic) bond motifs is 1. The number of nitrogens with zero attached hydrogens (tertiary/aromatic N) is 2. The monoisotopic (exact) mass is 408 g/mol. The van der Waals surface area contributed by atoms with Crippen LogP contribution in [-0.4, -0.2) is 10.7 Å². The SMILES string of the molecule is CC1=NC(C)(c2cccc(-c3ccc(OCc4ccccc4)c4c3CCCC4)n2)C=C1. The third-order valence-corrected chi connectivity index (χ3v) is 6.33. The van der Waals surface area contributed by atoms with Crippen LogP contribution in [0.3, 0.4) is 0 Å². The number of allylic oxidation sites excluding steroid dienone is 1. The Labute approximate surface area is 184 Å². The second kappa shape index (κ2) is 8.14. The Morgan fingerprint density at radius 1 is 0.903 bits per heavy atom. The number of benzene rings is 2. The first kappa shape index (κ1) is 19.7. The third kappa shape index (κ3) is 3.93. The van der Waals surface area contributed by atoms with Crippen LogP contribution >= 0.6 is 0 Å². The first-order valence-electron chi connectivity index (χ1n) is 11.2. The molecule has 0 N–H and O–H groups in total. The number of rotatable bonds is 5. The molecule has 0 saturated carbocycles. The van der Waals surface area contributed by atoms with E-state index in [1.54, 1.807) is 0 Å². The molecule has 1 aliphatic carbocycles. The summed E-state index contributed by atoms with van der Waals surface area (Å²) in [7, 11) is 0. The van der Waals surface area contributed by atoms with Gasteiger partial charge in [0.2, 0.25) is 0 Å².